The molecule has 1 unspecified atom stereocenters. The van der Waals surface area contributed by atoms with Crippen LogP contribution in [0.15, 0.2) is 24.3 Å². The topological polar surface area (TPSA) is 47.3 Å². The number of nitrogens with two attached hydrogens (primary N) is 1. The summed E-state index contributed by atoms with van der Waals surface area (Å²) in [5.41, 5.74) is 4.88. The van der Waals surface area contributed by atoms with Crippen molar-refractivity contribution in [2.45, 2.75) is 32.0 Å². The highest BCUT2D eigenvalue weighted by atomic mass is 19.4. The third-order valence-electron chi connectivity index (χ3n) is 2.84. The van der Waals surface area contributed by atoms with Gasteiger partial charge in [-0.05, 0) is 30.9 Å². The number of rotatable bonds is 7. The van der Waals surface area contributed by atoms with Gasteiger partial charge < -0.3 is 4.74 Å². The van der Waals surface area contributed by atoms with Crippen molar-refractivity contribution in [3.05, 3.63) is 35.4 Å². The molecule has 0 fully saturated rings. The fourth-order valence-corrected chi connectivity index (χ4v) is 1.76. The number of hydrogen-bond acceptors (Lipinski definition) is 3. The monoisotopic (exact) mass is 276 g/mol. The maximum atomic E-state index is 11.9. The van der Waals surface area contributed by atoms with E-state index < -0.39 is 12.8 Å². The molecule has 1 aromatic carbocycles. The van der Waals surface area contributed by atoms with E-state index in [0.717, 1.165) is 11.1 Å². The van der Waals surface area contributed by atoms with Gasteiger partial charge in [0.1, 0.15) is 6.61 Å². The molecular weight excluding hydrogens is 257 g/mol. The highest BCUT2D eigenvalue weighted by Gasteiger charge is 2.27. The van der Waals surface area contributed by atoms with Crippen LogP contribution in [0.3, 0.4) is 0 Å². The van der Waals surface area contributed by atoms with Gasteiger partial charge in [0.15, 0.2) is 0 Å². The van der Waals surface area contributed by atoms with Gasteiger partial charge in [0, 0.05) is 12.6 Å². The van der Waals surface area contributed by atoms with Crippen molar-refractivity contribution < 1.29 is 17.9 Å². The van der Waals surface area contributed by atoms with Crippen LogP contribution in [0.1, 0.15) is 17.5 Å². The SMILES string of the molecule is Cc1ccccc1CC(CCOCC(F)(F)F)NN. The van der Waals surface area contributed by atoms with E-state index in [2.05, 4.69) is 10.2 Å². The fourth-order valence-electron chi connectivity index (χ4n) is 1.76. The Morgan fingerprint density at radius 2 is 2.00 bits per heavy atom. The van der Waals surface area contributed by atoms with Crippen LogP contribution in [0.4, 0.5) is 13.2 Å². The van der Waals surface area contributed by atoms with Crippen molar-refractivity contribution in [3.8, 4) is 0 Å². The van der Waals surface area contributed by atoms with Crippen LogP contribution in [0.5, 0.6) is 0 Å². The molecular formula is C13H19F3N2O. The van der Waals surface area contributed by atoms with Crippen LogP contribution in [0, 0.1) is 6.92 Å². The average Bonchev–Trinajstić information content (AvgIpc) is 2.34. The minimum absolute atomic E-state index is 0.0280. The van der Waals surface area contributed by atoms with E-state index in [1.165, 1.54) is 0 Å². The molecule has 0 aliphatic heterocycles. The normalized spacial score (nSPS) is 13.5. The van der Waals surface area contributed by atoms with Gasteiger partial charge in [-0.25, -0.2) is 0 Å². The van der Waals surface area contributed by atoms with Gasteiger partial charge >= 0.3 is 6.18 Å². The van der Waals surface area contributed by atoms with Crippen molar-refractivity contribution in [2.75, 3.05) is 13.2 Å². The molecule has 0 bridgehead atoms. The van der Waals surface area contributed by atoms with E-state index in [9.17, 15) is 13.2 Å². The van der Waals surface area contributed by atoms with Crippen molar-refractivity contribution in [2.24, 2.45) is 5.84 Å². The lowest BCUT2D eigenvalue weighted by molar-refractivity contribution is -0.174. The molecule has 1 atom stereocenters. The molecule has 0 aromatic heterocycles. The molecule has 0 saturated heterocycles. The molecule has 0 saturated carbocycles. The molecule has 108 valence electrons. The number of hydrazine groups is 1. The van der Waals surface area contributed by atoms with Crippen LogP contribution in [0.25, 0.3) is 0 Å². The van der Waals surface area contributed by atoms with E-state index in [4.69, 9.17) is 5.84 Å². The summed E-state index contributed by atoms with van der Waals surface area (Å²) in [5.74, 6) is 5.41. The Kier molecular flexibility index (Phi) is 6.27. The quantitative estimate of drug-likeness (QED) is 0.456. The Balaban J connectivity index is 2.36. The number of aryl methyl sites for hydroxylation is 1. The van der Waals surface area contributed by atoms with E-state index in [1.807, 2.05) is 31.2 Å². The first kappa shape index (κ1) is 15.9. The highest BCUT2D eigenvalue weighted by molar-refractivity contribution is 5.26. The average molecular weight is 276 g/mol. The first-order valence-corrected chi connectivity index (χ1v) is 6.07. The summed E-state index contributed by atoms with van der Waals surface area (Å²) >= 11 is 0. The largest absolute Gasteiger partial charge is 0.411 e. The van der Waals surface area contributed by atoms with E-state index in [1.54, 1.807) is 0 Å². The summed E-state index contributed by atoms with van der Waals surface area (Å²) in [6.45, 7) is 0.804. The predicted octanol–water partition coefficient (Wildman–Crippen LogP) is 2.34. The minimum Gasteiger partial charge on any atom is -0.372 e. The number of hydrogen-bond donors (Lipinski definition) is 2. The summed E-state index contributed by atoms with van der Waals surface area (Å²) < 4.78 is 40.3. The lowest BCUT2D eigenvalue weighted by Gasteiger charge is -2.17. The van der Waals surface area contributed by atoms with E-state index >= 15 is 0 Å². The Morgan fingerprint density at radius 1 is 1.32 bits per heavy atom. The molecule has 1 rings (SSSR count). The van der Waals surface area contributed by atoms with E-state index in [-0.39, 0.29) is 12.6 Å². The molecule has 3 nitrogen and oxygen atoms in total. The second-order valence-electron chi connectivity index (χ2n) is 4.45. The zero-order valence-corrected chi connectivity index (χ0v) is 10.8. The lowest BCUT2D eigenvalue weighted by atomic mass is 10.00. The third kappa shape index (κ3) is 6.56. The molecule has 0 heterocycles. The van der Waals surface area contributed by atoms with Crippen molar-refractivity contribution in [1.82, 2.24) is 5.43 Å². The van der Waals surface area contributed by atoms with Crippen LogP contribution < -0.4 is 11.3 Å². The van der Waals surface area contributed by atoms with Crippen molar-refractivity contribution in [1.29, 1.82) is 0 Å². The number of alkyl halides is 3. The van der Waals surface area contributed by atoms with Gasteiger partial charge in [0.25, 0.3) is 0 Å². The van der Waals surface area contributed by atoms with Crippen molar-refractivity contribution in [3.63, 3.8) is 0 Å². The lowest BCUT2D eigenvalue weighted by Crippen LogP contribution is -2.38. The maximum absolute atomic E-state index is 11.9. The number of ether oxygens (including phenoxy) is 1. The smallest absolute Gasteiger partial charge is 0.372 e. The number of halogens is 3. The maximum Gasteiger partial charge on any atom is 0.411 e. The van der Waals surface area contributed by atoms with Gasteiger partial charge in [0.2, 0.25) is 0 Å². The summed E-state index contributed by atoms with van der Waals surface area (Å²) in [7, 11) is 0. The Hall–Kier alpha value is -1.11. The van der Waals surface area contributed by atoms with Gasteiger partial charge in [-0.15, -0.1) is 0 Å². The van der Waals surface area contributed by atoms with E-state index in [0.29, 0.717) is 12.8 Å². The molecule has 6 heteroatoms. The summed E-state index contributed by atoms with van der Waals surface area (Å²) in [5, 5.41) is 0. The number of benzene rings is 1. The molecule has 0 aliphatic rings. The van der Waals surface area contributed by atoms with Gasteiger partial charge in [0.05, 0.1) is 0 Å². The van der Waals surface area contributed by atoms with Crippen LogP contribution >= 0.6 is 0 Å². The Labute approximate surface area is 110 Å². The molecule has 3 N–H and O–H groups in total. The first-order valence-electron chi connectivity index (χ1n) is 6.07. The Bertz CT molecular complexity index is 382. The van der Waals surface area contributed by atoms with Crippen LogP contribution in [0.2, 0.25) is 0 Å². The Morgan fingerprint density at radius 3 is 2.58 bits per heavy atom. The second kappa shape index (κ2) is 7.47. The zero-order chi connectivity index (χ0) is 14.3. The minimum atomic E-state index is -4.28. The predicted molar refractivity (Wildman–Crippen MR) is 67.5 cm³/mol. The molecule has 0 aliphatic carbocycles. The molecule has 1 aromatic rings. The van der Waals surface area contributed by atoms with Gasteiger partial charge in [-0.3, -0.25) is 11.3 Å². The summed E-state index contributed by atoms with van der Waals surface area (Å²) in [6.07, 6.45) is -3.18. The highest BCUT2D eigenvalue weighted by Crippen LogP contribution is 2.15. The number of nitrogens with one attached hydrogen (secondary N) is 1. The fraction of sp³-hybridized carbons (Fsp3) is 0.538. The van der Waals surface area contributed by atoms with Crippen LogP contribution in [-0.2, 0) is 11.2 Å². The standard InChI is InChI=1S/C13H19F3N2O/c1-10-4-2-3-5-11(10)8-12(18-17)6-7-19-9-13(14,15)16/h2-5,12,18H,6-9,17H2,1H3. The molecule has 0 radical (unpaired) electrons. The molecule has 19 heavy (non-hydrogen) atoms. The van der Waals surface area contributed by atoms with Crippen molar-refractivity contribution >= 4 is 0 Å². The first-order chi connectivity index (χ1) is 8.92. The second-order valence-corrected chi connectivity index (χ2v) is 4.45. The van der Waals surface area contributed by atoms with Gasteiger partial charge in [-0.2, -0.15) is 13.2 Å². The summed E-state index contributed by atoms with van der Waals surface area (Å²) in [4.78, 5) is 0. The summed E-state index contributed by atoms with van der Waals surface area (Å²) in [6, 6.07) is 7.74. The van der Waals surface area contributed by atoms with Gasteiger partial charge in [-0.1, -0.05) is 24.3 Å². The molecule has 0 amide bonds. The zero-order valence-electron chi connectivity index (χ0n) is 10.8. The molecule has 0 spiro atoms. The third-order valence-corrected chi connectivity index (χ3v) is 2.84. The van der Waals surface area contributed by atoms with Crippen LogP contribution in [-0.4, -0.2) is 25.4 Å².